The van der Waals surface area contributed by atoms with Crippen LogP contribution in [0.25, 0.3) is 6.08 Å². The Balaban J connectivity index is 2.06. The highest BCUT2D eigenvalue weighted by Gasteiger charge is 2.17. The molecule has 0 aliphatic carbocycles. The molecule has 0 saturated heterocycles. The summed E-state index contributed by atoms with van der Waals surface area (Å²) in [6.45, 7) is 3.25. The first-order valence-corrected chi connectivity index (χ1v) is 8.35. The zero-order chi connectivity index (χ0) is 20.0. The fourth-order valence-electron chi connectivity index (χ4n) is 2.48. The van der Waals surface area contributed by atoms with Gasteiger partial charge >= 0.3 is 0 Å². The minimum atomic E-state index is -0.456. The average Bonchev–Trinajstić information content (AvgIpc) is 2.65. The van der Waals surface area contributed by atoms with E-state index in [0.717, 1.165) is 5.56 Å². The summed E-state index contributed by atoms with van der Waals surface area (Å²) in [6, 6.07) is 13.0. The number of amides is 2. The number of nitro benzene ring substituents is 1. The second-order valence-electron chi connectivity index (χ2n) is 6.11. The van der Waals surface area contributed by atoms with E-state index in [0.29, 0.717) is 11.3 Å². The van der Waals surface area contributed by atoms with Gasteiger partial charge in [0.2, 0.25) is 11.8 Å². The number of rotatable bonds is 6. The van der Waals surface area contributed by atoms with E-state index in [1.54, 1.807) is 49.5 Å². The first-order valence-electron chi connectivity index (χ1n) is 8.35. The Bertz CT molecular complexity index is 875. The topological polar surface area (TPSA) is 92.6 Å². The molecule has 0 spiro atoms. The van der Waals surface area contributed by atoms with Crippen molar-refractivity contribution in [2.45, 2.75) is 19.9 Å². The Labute approximate surface area is 157 Å². The van der Waals surface area contributed by atoms with Crippen molar-refractivity contribution in [1.29, 1.82) is 0 Å². The van der Waals surface area contributed by atoms with E-state index in [-0.39, 0.29) is 23.5 Å². The molecule has 0 heterocycles. The molecule has 7 heteroatoms. The molecule has 7 nitrogen and oxygen atoms in total. The number of non-ortho nitro benzene ring substituents is 1. The molecule has 140 valence electrons. The summed E-state index contributed by atoms with van der Waals surface area (Å²) >= 11 is 0. The Hall–Kier alpha value is -3.48. The standard InChI is InChI=1S/C20H21N3O4/c1-14(17-5-4-6-19(13-17)23(26)27)22(3)20(25)12-9-16-7-10-18(11-8-16)21-15(2)24/h4-14H,1-3H3,(H,21,24)/b12-9+. The Morgan fingerprint density at radius 1 is 1.19 bits per heavy atom. The van der Waals surface area contributed by atoms with Crippen LogP contribution >= 0.6 is 0 Å². The van der Waals surface area contributed by atoms with Gasteiger partial charge in [0, 0.05) is 37.9 Å². The number of nitrogens with zero attached hydrogens (tertiary/aromatic N) is 2. The van der Waals surface area contributed by atoms with Gasteiger partial charge in [-0.1, -0.05) is 24.3 Å². The molecule has 0 aliphatic heterocycles. The van der Waals surface area contributed by atoms with Crippen LogP contribution in [0.2, 0.25) is 0 Å². The normalized spacial score (nSPS) is 11.8. The summed E-state index contributed by atoms with van der Waals surface area (Å²) in [5.74, 6) is -0.370. The molecule has 2 aromatic carbocycles. The van der Waals surface area contributed by atoms with Crippen molar-refractivity contribution in [2.24, 2.45) is 0 Å². The fourth-order valence-corrected chi connectivity index (χ4v) is 2.48. The molecule has 27 heavy (non-hydrogen) atoms. The SMILES string of the molecule is CC(=O)Nc1ccc(/C=C/C(=O)N(C)C(C)c2cccc([N+](=O)[O-])c2)cc1. The summed E-state index contributed by atoms with van der Waals surface area (Å²) in [5.41, 5.74) is 2.18. The van der Waals surface area contributed by atoms with Gasteiger partial charge in [-0.3, -0.25) is 19.7 Å². The molecular weight excluding hydrogens is 346 g/mol. The maximum absolute atomic E-state index is 12.4. The van der Waals surface area contributed by atoms with Gasteiger partial charge < -0.3 is 10.2 Å². The number of carbonyl (C=O) groups is 2. The highest BCUT2D eigenvalue weighted by Crippen LogP contribution is 2.23. The van der Waals surface area contributed by atoms with Gasteiger partial charge in [-0.05, 0) is 36.3 Å². The molecule has 0 aromatic heterocycles. The lowest BCUT2D eigenvalue weighted by Crippen LogP contribution is -2.28. The number of hydrogen-bond donors (Lipinski definition) is 1. The van der Waals surface area contributed by atoms with Crippen molar-refractivity contribution in [2.75, 3.05) is 12.4 Å². The van der Waals surface area contributed by atoms with E-state index in [4.69, 9.17) is 0 Å². The molecular formula is C20H21N3O4. The lowest BCUT2D eigenvalue weighted by Gasteiger charge is -2.24. The van der Waals surface area contributed by atoms with Crippen molar-refractivity contribution in [3.05, 3.63) is 75.8 Å². The third kappa shape index (κ3) is 5.50. The van der Waals surface area contributed by atoms with Gasteiger partial charge in [-0.2, -0.15) is 0 Å². The summed E-state index contributed by atoms with van der Waals surface area (Å²) < 4.78 is 0. The number of carbonyl (C=O) groups excluding carboxylic acids is 2. The molecule has 2 rings (SSSR count). The minimum absolute atomic E-state index is 0.00463. The van der Waals surface area contributed by atoms with Crippen LogP contribution in [-0.4, -0.2) is 28.7 Å². The highest BCUT2D eigenvalue weighted by atomic mass is 16.6. The van der Waals surface area contributed by atoms with Crippen molar-refractivity contribution < 1.29 is 14.5 Å². The van der Waals surface area contributed by atoms with Crippen LogP contribution < -0.4 is 5.32 Å². The van der Waals surface area contributed by atoms with Gasteiger partial charge in [0.1, 0.15) is 0 Å². The summed E-state index contributed by atoms with van der Waals surface area (Å²) in [6.07, 6.45) is 3.12. The van der Waals surface area contributed by atoms with Crippen molar-refractivity contribution in [3.63, 3.8) is 0 Å². The molecule has 2 amide bonds. The first-order chi connectivity index (χ1) is 12.8. The summed E-state index contributed by atoms with van der Waals surface area (Å²) in [7, 11) is 1.65. The predicted molar refractivity (Wildman–Crippen MR) is 104 cm³/mol. The lowest BCUT2D eigenvalue weighted by molar-refractivity contribution is -0.384. The Kier molecular flexibility index (Phi) is 6.43. The smallest absolute Gasteiger partial charge is 0.269 e. The van der Waals surface area contributed by atoms with Crippen LogP contribution in [0.4, 0.5) is 11.4 Å². The average molecular weight is 367 g/mol. The zero-order valence-corrected chi connectivity index (χ0v) is 15.4. The fraction of sp³-hybridized carbons (Fsp3) is 0.200. The second-order valence-corrected chi connectivity index (χ2v) is 6.11. The van der Waals surface area contributed by atoms with E-state index in [9.17, 15) is 19.7 Å². The number of nitrogens with one attached hydrogen (secondary N) is 1. The van der Waals surface area contributed by atoms with Gasteiger partial charge in [0.15, 0.2) is 0 Å². The second kappa shape index (κ2) is 8.75. The molecule has 0 bridgehead atoms. The Morgan fingerprint density at radius 3 is 2.44 bits per heavy atom. The van der Waals surface area contributed by atoms with E-state index in [1.165, 1.54) is 30.0 Å². The molecule has 0 aliphatic rings. The summed E-state index contributed by atoms with van der Waals surface area (Å²) in [4.78, 5) is 35.4. The highest BCUT2D eigenvalue weighted by molar-refractivity contribution is 5.92. The van der Waals surface area contributed by atoms with Gasteiger partial charge in [-0.15, -0.1) is 0 Å². The van der Waals surface area contributed by atoms with E-state index in [1.807, 2.05) is 6.92 Å². The van der Waals surface area contributed by atoms with Gasteiger partial charge in [0.05, 0.1) is 11.0 Å². The number of nitro groups is 1. The number of likely N-dealkylation sites (N-methyl/N-ethyl adjacent to an activating group) is 1. The van der Waals surface area contributed by atoms with Crippen LogP contribution in [0, 0.1) is 10.1 Å². The van der Waals surface area contributed by atoms with Crippen LogP contribution in [0.5, 0.6) is 0 Å². The van der Waals surface area contributed by atoms with Crippen LogP contribution in [0.15, 0.2) is 54.6 Å². The molecule has 1 atom stereocenters. The molecule has 2 aromatic rings. The van der Waals surface area contributed by atoms with Crippen molar-refractivity contribution in [1.82, 2.24) is 4.90 Å². The van der Waals surface area contributed by atoms with Gasteiger partial charge in [-0.25, -0.2) is 0 Å². The quantitative estimate of drug-likeness (QED) is 0.478. The third-order valence-electron chi connectivity index (χ3n) is 4.14. The molecule has 0 radical (unpaired) electrons. The number of benzene rings is 2. The van der Waals surface area contributed by atoms with Crippen molar-refractivity contribution >= 4 is 29.3 Å². The van der Waals surface area contributed by atoms with Crippen molar-refractivity contribution in [3.8, 4) is 0 Å². The van der Waals surface area contributed by atoms with Crippen LogP contribution in [-0.2, 0) is 9.59 Å². The van der Waals surface area contributed by atoms with Crippen LogP contribution in [0.1, 0.15) is 31.0 Å². The number of hydrogen-bond acceptors (Lipinski definition) is 4. The minimum Gasteiger partial charge on any atom is -0.335 e. The molecule has 1 N–H and O–H groups in total. The first kappa shape index (κ1) is 19.8. The third-order valence-corrected chi connectivity index (χ3v) is 4.14. The zero-order valence-electron chi connectivity index (χ0n) is 15.4. The van der Waals surface area contributed by atoms with Crippen LogP contribution in [0.3, 0.4) is 0 Å². The lowest BCUT2D eigenvalue weighted by atomic mass is 10.1. The molecule has 1 unspecified atom stereocenters. The van der Waals surface area contributed by atoms with E-state index in [2.05, 4.69) is 5.32 Å². The van der Waals surface area contributed by atoms with E-state index >= 15 is 0 Å². The monoisotopic (exact) mass is 367 g/mol. The van der Waals surface area contributed by atoms with E-state index < -0.39 is 4.92 Å². The van der Waals surface area contributed by atoms with Gasteiger partial charge in [0.25, 0.3) is 5.69 Å². The largest absolute Gasteiger partial charge is 0.335 e. The molecule has 0 fully saturated rings. The summed E-state index contributed by atoms with van der Waals surface area (Å²) in [5, 5.41) is 13.6. The predicted octanol–water partition coefficient (Wildman–Crippen LogP) is 3.79. The maximum atomic E-state index is 12.4. The number of anilines is 1. The Morgan fingerprint density at radius 2 is 1.85 bits per heavy atom. The maximum Gasteiger partial charge on any atom is 0.269 e. The molecule has 0 saturated carbocycles.